The summed E-state index contributed by atoms with van der Waals surface area (Å²) in [5.74, 6) is 0.420. The van der Waals surface area contributed by atoms with Crippen LogP contribution in [-0.2, 0) is 27.3 Å². The summed E-state index contributed by atoms with van der Waals surface area (Å²) < 4.78 is 15.5. The van der Waals surface area contributed by atoms with Gasteiger partial charge in [-0.05, 0) is 30.0 Å². The molecule has 0 aliphatic heterocycles. The van der Waals surface area contributed by atoms with Crippen LogP contribution in [0.1, 0.15) is 11.1 Å². The average Bonchev–Trinajstić information content (AvgIpc) is 2.72. The number of carbonyl (C=O) groups excluding carboxylic acids is 2. The maximum absolute atomic E-state index is 12.2. The third kappa shape index (κ3) is 6.20. The van der Waals surface area contributed by atoms with Crippen molar-refractivity contribution in [2.24, 2.45) is 0 Å². The van der Waals surface area contributed by atoms with E-state index in [4.69, 9.17) is 14.2 Å². The molecule has 0 fully saturated rings. The number of thioether (sulfide) groups is 1. The van der Waals surface area contributed by atoms with Gasteiger partial charge in [-0.1, -0.05) is 18.2 Å². The molecule has 2 aromatic rings. The first-order chi connectivity index (χ1) is 13.5. The monoisotopic (exact) mass is 403 g/mol. The van der Waals surface area contributed by atoms with Gasteiger partial charge in [-0.2, -0.15) is 0 Å². The van der Waals surface area contributed by atoms with E-state index in [1.54, 1.807) is 44.1 Å². The number of ether oxygens (including phenoxy) is 3. The Morgan fingerprint density at radius 3 is 2.36 bits per heavy atom. The molecule has 0 spiro atoms. The molecule has 0 N–H and O–H groups in total. The van der Waals surface area contributed by atoms with Crippen LogP contribution in [0.4, 0.5) is 0 Å². The van der Waals surface area contributed by atoms with Crippen LogP contribution < -0.4 is 9.47 Å². The summed E-state index contributed by atoms with van der Waals surface area (Å²) in [6.07, 6.45) is 2.03. The lowest BCUT2D eigenvalue weighted by Crippen LogP contribution is -2.31. The Bertz CT molecular complexity index is 807. The first-order valence-electron chi connectivity index (χ1n) is 8.70. The van der Waals surface area contributed by atoms with Gasteiger partial charge >= 0.3 is 5.97 Å². The molecule has 1 amide bonds. The third-order valence-corrected chi connectivity index (χ3v) is 4.93. The molecule has 0 bridgehead atoms. The number of rotatable bonds is 9. The van der Waals surface area contributed by atoms with Crippen molar-refractivity contribution in [2.45, 2.75) is 17.9 Å². The van der Waals surface area contributed by atoms with E-state index in [1.807, 2.05) is 30.5 Å². The van der Waals surface area contributed by atoms with Gasteiger partial charge in [0.25, 0.3) is 5.91 Å². The van der Waals surface area contributed by atoms with E-state index in [0.29, 0.717) is 23.6 Å². The maximum Gasteiger partial charge on any atom is 0.310 e. The van der Waals surface area contributed by atoms with Crippen molar-refractivity contribution in [2.75, 3.05) is 34.1 Å². The molecular weight excluding hydrogens is 378 g/mol. The van der Waals surface area contributed by atoms with Crippen molar-refractivity contribution in [1.29, 1.82) is 0 Å². The highest BCUT2D eigenvalue weighted by atomic mass is 32.2. The zero-order valence-corrected chi connectivity index (χ0v) is 17.4. The number of likely N-dealkylation sites (N-methyl/N-ethyl adjacent to an activating group) is 1. The van der Waals surface area contributed by atoms with E-state index in [0.717, 1.165) is 5.56 Å². The molecule has 0 unspecified atom stereocenters. The highest BCUT2D eigenvalue weighted by Gasteiger charge is 2.15. The van der Waals surface area contributed by atoms with E-state index in [9.17, 15) is 9.59 Å². The van der Waals surface area contributed by atoms with Crippen molar-refractivity contribution in [3.63, 3.8) is 0 Å². The summed E-state index contributed by atoms with van der Waals surface area (Å²) in [5, 5.41) is 0. The smallest absolute Gasteiger partial charge is 0.310 e. The van der Waals surface area contributed by atoms with Crippen molar-refractivity contribution >= 4 is 23.6 Å². The predicted octanol–water partition coefficient (Wildman–Crippen LogP) is 3.17. The van der Waals surface area contributed by atoms with Crippen LogP contribution >= 0.6 is 11.8 Å². The van der Waals surface area contributed by atoms with Gasteiger partial charge in [0.05, 0.1) is 20.6 Å². The van der Waals surface area contributed by atoms with Crippen LogP contribution in [0, 0.1) is 0 Å². The van der Waals surface area contributed by atoms with E-state index in [-0.39, 0.29) is 18.9 Å². The number of nitrogens with zero attached hydrogens (tertiary/aromatic N) is 1. The maximum atomic E-state index is 12.2. The zero-order valence-electron chi connectivity index (χ0n) is 16.6. The van der Waals surface area contributed by atoms with Crippen molar-refractivity contribution in [1.82, 2.24) is 4.90 Å². The second-order valence-electron chi connectivity index (χ2n) is 6.11. The number of methoxy groups -OCH3 is 2. The lowest BCUT2D eigenvalue weighted by Gasteiger charge is -2.17. The van der Waals surface area contributed by atoms with Gasteiger partial charge in [-0.3, -0.25) is 9.59 Å². The molecule has 0 saturated heterocycles. The molecular formula is C21H25NO5S. The Morgan fingerprint density at radius 2 is 1.75 bits per heavy atom. The fraction of sp³-hybridized carbons (Fsp3) is 0.333. The minimum absolute atomic E-state index is 0.0142. The molecule has 0 radical (unpaired) electrons. The van der Waals surface area contributed by atoms with Gasteiger partial charge in [0.2, 0.25) is 0 Å². The normalized spacial score (nSPS) is 10.3. The second-order valence-corrected chi connectivity index (χ2v) is 6.99. The minimum Gasteiger partial charge on any atom is -0.497 e. The van der Waals surface area contributed by atoms with Crippen LogP contribution in [0.15, 0.2) is 47.4 Å². The standard InChI is InChI=1S/C21H25NO5S/c1-22(13-15-5-9-18(28-4)10-6-15)20(23)14-27-21(24)11-16-7-8-17(25-2)12-19(16)26-3/h5-10,12H,11,13-14H2,1-4H3. The summed E-state index contributed by atoms with van der Waals surface area (Å²) in [6.45, 7) is 0.161. The highest BCUT2D eigenvalue weighted by Crippen LogP contribution is 2.25. The number of hydrogen-bond acceptors (Lipinski definition) is 6. The number of esters is 1. The van der Waals surface area contributed by atoms with Crippen LogP contribution in [0.2, 0.25) is 0 Å². The predicted molar refractivity (Wildman–Crippen MR) is 109 cm³/mol. The first kappa shape index (κ1) is 21.6. The Labute approximate surface area is 169 Å². The number of hydrogen-bond donors (Lipinski definition) is 0. The van der Waals surface area contributed by atoms with Gasteiger partial charge in [-0.25, -0.2) is 0 Å². The van der Waals surface area contributed by atoms with Crippen LogP contribution in [-0.4, -0.2) is 50.9 Å². The molecule has 0 saturated carbocycles. The van der Waals surface area contributed by atoms with Crippen molar-refractivity contribution < 1.29 is 23.8 Å². The number of carbonyl (C=O) groups is 2. The summed E-state index contributed by atoms with van der Waals surface area (Å²) in [6, 6.07) is 13.2. The molecule has 2 aromatic carbocycles. The van der Waals surface area contributed by atoms with E-state index in [1.165, 1.54) is 16.9 Å². The summed E-state index contributed by atoms with van der Waals surface area (Å²) in [7, 11) is 4.76. The molecule has 150 valence electrons. The molecule has 0 heterocycles. The van der Waals surface area contributed by atoms with Crippen molar-refractivity contribution in [3.05, 3.63) is 53.6 Å². The fourth-order valence-corrected chi connectivity index (χ4v) is 2.96. The Balaban J connectivity index is 1.85. The topological polar surface area (TPSA) is 65.1 Å². The number of benzene rings is 2. The van der Waals surface area contributed by atoms with Gasteiger partial charge in [-0.15, -0.1) is 11.8 Å². The van der Waals surface area contributed by atoms with Gasteiger partial charge in [0.15, 0.2) is 6.61 Å². The molecule has 2 rings (SSSR count). The van der Waals surface area contributed by atoms with Crippen LogP contribution in [0.3, 0.4) is 0 Å². The first-order valence-corrected chi connectivity index (χ1v) is 9.92. The minimum atomic E-state index is -0.491. The van der Waals surface area contributed by atoms with Crippen LogP contribution in [0.25, 0.3) is 0 Å². The van der Waals surface area contributed by atoms with E-state index < -0.39 is 5.97 Å². The summed E-state index contributed by atoms with van der Waals surface area (Å²) in [4.78, 5) is 27.1. The molecule has 6 nitrogen and oxygen atoms in total. The lowest BCUT2D eigenvalue weighted by atomic mass is 10.1. The molecule has 0 atom stereocenters. The lowest BCUT2D eigenvalue weighted by molar-refractivity contribution is -0.151. The summed E-state index contributed by atoms with van der Waals surface area (Å²) >= 11 is 1.67. The largest absolute Gasteiger partial charge is 0.497 e. The van der Waals surface area contributed by atoms with Gasteiger partial charge in [0, 0.05) is 30.1 Å². The molecule has 28 heavy (non-hydrogen) atoms. The average molecular weight is 404 g/mol. The van der Waals surface area contributed by atoms with Crippen molar-refractivity contribution in [3.8, 4) is 11.5 Å². The quantitative estimate of drug-likeness (QED) is 0.473. The molecule has 0 aliphatic rings. The zero-order chi connectivity index (χ0) is 20.5. The Hall–Kier alpha value is -2.67. The SMILES string of the molecule is COc1ccc(CC(=O)OCC(=O)N(C)Cc2ccc(SC)cc2)c(OC)c1. The molecule has 7 heteroatoms. The van der Waals surface area contributed by atoms with E-state index in [2.05, 4.69) is 0 Å². The number of amides is 1. The molecule has 0 aromatic heterocycles. The third-order valence-electron chi connectivity index (χ3n) is 4.19. The molecule has 0 aliphatic carbocycles. The van der Waals surface area contributed by atoms with Gasteiger partial charge in [0.1, 0.15) is 11.5 Å². The fourth-order valence-electron chi connectivity index (χ4n) is 2.55. The van der Waals surface area contributed by atoms with E-state index >= 15 is 0 Å². The Morgan fingerprint density at radius 1 is 1.04 bits per heavy atom. The second kappa shape index (κ2) is 10.6. The van der Waals surface area contributed by atoms with Crippen LogP contribution in [0.5, 0.6) is 11.5 Å². The highest BCUT2D eigenvalue weighted by molar-refractivity contribution is 7.98. The Kier molecular flexibility index (Phi) is 8.19. The van der Waals surface area contributed by atoms with Gasteiger partial charge < -0.3 is 19.1 Å². The summed E-state index contributed by atoms with van der Waals surface area (Å²) in [5.41, 5.74) is 1.69.